The van der Waals surface area contributed by atoms with Crippen molar-refractivity contribution in [2.24, 2.45) is 0 Å². The number of hydrogen-bond acceptors (Lipinski definition) is 4. The number of nitrogens with zero attached hydrogens (tertiary/aromatic N) is 4. The molecule has 48 heavy (non-hydrogen) atoms. The molecule has 7 aromatic carbocycles. The maximum atomic E-state index is 6.56. The summed E-state index contributed by atoms with van der Waals surface area (Å²) in [6.45, 7) is 0. The molecule has 10 aromatic rings. The van der Waals surface area contributed by atoms with Gasteiger partial charge in [0, 0.05) is 49.3 Å². The molecule has 0 bridgehead atoms. The van der Waals surface area contributed by atoms with Crippen LogP contribution in [0.5, 0.6) is 0 Å². The van der Waals surface area contributed by atoms with Crippen molar-refractivity contribution < 1.29 is 4.42 Å². The van der Waals surface area contributed by atoms with E-state index in [1.54, 1.807) is 0 Å². The largest absolute Gasteiger partial charge is 0.455 e. The number of aromatic nitrogens is 4. The standard InChI is InChI=1S/C43H26N4O/c1-3-11-28(12-4-1)41-44-42(29-13-5-2-6-14-29)46-43(45-41)30-19-23-31(24-20-30)47-35-17-9-7-16-34(35)39-36(47)26-22-27-21-25-33-32-15-8-10-18-37(32)48-40(33)38(27)39/h1-26H. The smallest absolute Gasteiger partial charge is 0.164 e. The van der Waals surface area contributed by atoms with Crippen LogP contribution in [0.1, 0.15) is 0 Å². The van der Waals surface area contributed by atoms with Crippen LogP contribution in [-0.4, -0.2) is 19.5 Å². The molecule has 0 N–H and O–H groups in total. The van der Waals surface area contributed by atoms with Crippen molar-refractivity contribution in [2.45, 2.75) is 0 Å². The highest BCUT2D eigenvalue weighted by atomic mass is 16.3. The maximum Gasteiger partial charge on any atom is 0.164 e. The molecule has 3 aromatic heterocycles. The topological polar surface area (TPSA) is 56.7 Å². The van der Waals surface area contributed by atoms with Gasteiger partial charge in [-0.1, -0.05) is 109 Å². The van der Waals surface area contributed by atoms with Crippen molar-refractivity contribution in [2.75, 3.05) is 0 Å². The van der Waals surface area contributed by atoms with E-state index in [4.69, 9.17) is 19.4 Å². The molecule has 0 spiro atoms. The second-order valence-corrected chi connectivity index (χ2v) is 12.0. The van der Waals surface area contributed by atoms with Crippen molar-refractivity contribution >= 4 is 54.5 Å². The van der Waals surface area contributed by atoms with Gasteiger partial charge in [-0.2, -0.15) is 0 Å². The van der Waals surface area contributed by atoms with E-state index in [1.807, 2.05) is 72.8 Å². The first-order valence-corrected chi connectivity index (χ1v) is 16.0. The zero-order chi connectivity index (χ0) is 31.6. The molecule has 0 aliphatic carbocycles. The number of para-hydroxylation sites is 2. The van der Waals surface area contributed by atoms with Gasteiger partial charge in [0.2, 0.25) is 0 Å². The number of hydrogen-bond donors (Lipinski definition) is 0. The average molecular weight is 615 g/mol. The SMILES string of the molecule is c1ccc(-c2nc(-c3ccccc3)nc(-c3ccc(-n4c5ccccc5c5c6c(ccc7c8ccccc8oc76)ccc54)cc3)n2)cc1. The molecule has 5 heteroatoms. The Morgan fingerprint density at radius 3 is 1.65 bits per heavy atom. The van der Waals surface area contributed by atoms with Gasteiger partial charge < -0.3 is 8.98 Å². The second kappa shape index (κ2) is 10.5. The van der Waals surface area contributed by atoms with Crippen LogP contribution in [0.2, 0.25) is 0 Å². The molecule has 5 nitrogen and oxygen atoms in total. The number of rotatable bonds is 4. The Morgan fingerprint density at radius 1 is 0.396 bits per heavy atom. The minimum Gasteiger partial charge on any atom is -0.455 e. The molecule has 0 radical (unpaired) electrons. The number of fused-ring (bicyclic) bond motifs is 9. The molecule has 0 saturated heterocycles. The van der Waals surface area contributed by atoms with E-state index in [9.17, 15) is 0 Å². The van der Waals surface area contributed by atoms with Gasteiger partial charge in [-0.25, -0.2) is 15.0 Å². The monoisotopic (exact) mass is 614 g/mol. The summed E-state index contributed by atoms with van der Waals surface area (Å²) in [5.74, 6) is 1.93. The Balaban J connectivity index is 1.16. The van der Waals surface area contributed by atoms with E-state index in [0.717, 1.165) is 66.1 Å². The molecule has 0 aliphatic heterocycles. The van der Waals surface area contributed by atoms with Crippen LogP contribution in [0.4, 0.5) is 0 Å². The molecule has 3 heterocycles. The van der Waals surface area contributed by atoms with Crippen LogP contribution in [-0.2, 0) is 0 Å². The third kappa shape index (κ3) is 4.08. The molecule has 0 fully saturated rings. The fraction of sp³-hybridized carbons (Fsp3) is 0. The highest BCUT2D eigenvalue weighted by Crippen LogP contribution is 2.42. The summed E-state index contributed by atoms with van der Waals surface area (Å²) in [7, 11) is 0. The summed E-state index contributed by atoms with van der Waals surface area (Å²) in [4.78, 5) is 14.7. The quantitative estimate of drug-likeness (QED) is 0.198. The van der Waals surface area contributed by atoms with Crippen molar-refractivity contribution in [1.29, 1.82) is 0 Å². The van der Waals surface area contributed by atoms with E-state index in [0.29, 0.717) is 17.5 Å². The number of benzene rings is 7. The minimum absolute atomic E-state index is 0.634. The Labute approximate surface area is 275 Å². The summed E-state index contributed by atoms with van der Waals surface area (Å²) in [6.07, 6.45) is 0. The van der Waals surface area contributed by atoms with Crippen LogP contribution in [0, 0.1) is 0 Å². The van der Waals surface area contributed by atoms with E-state index in [2.05, 4.69) is 89.5 Å². The van der Waals surface area contributed by atoms with Gasteiger partial charge in [-0.3, -0.25) is 0 Å². The Hall–Kier alpha value is -6.59. The van der Waals surface area contributed by atoms with Gasteiger partial charge in [-0.15, -0.1) is 0 Å². The number of furan rings is 1. The van der Waals surface area contributed by atoms with Crippen LogP contribution >= 0.6 is 0 Å². The lowest BCUT2D eigenvalue weighted by Crippen LogP contribution is -2.00. The lowest BCUT2D eigenvalue weighted by Gasteiger charge is -2.11. The predicted molar refractivity (Wildman–Crippen MR) is 195 cm³/mol. The van der Waals surface area contributed by atoms with Crippen molar-refractivity contribution in [1.82, 2.24) is 19.5 Å². The second-order valence-electron chi connectivity index (χ2n) is 12.0. The van der Waals surface area contributed by atoms with Gasteiger partial charge in [0.15, 0.2) is 17.5 Å². The average Bonchev–Trinajstić information content (AvgIpc) is 3.71. The van der Waals surface area contributed by atoms with Crippen LogP contribution in [0.15, 0.2) is 162 Å². The Bertz CT molecular complexity index is 2760. The highest BCUT2D eigenvalue weighted by Gasteiger charge is 2.19. The molecule has 0 aliphatic rings. The van der Waals surface area contributed by atoms with E-state index in [-0.39, 0.29) is 0 Å². The van der Waals surface area contributed by atoms with Gasteiger partial charge in [0.1, 0.15) is 11.2 Å². The molecular weight excluding hydrogens is 589 g/mol. The van der Waals surface area contributed by atoms with E-state index < -0.39 is 0 Å². The Morgan fingerprint density at radius 2 is 0.958 bits per heavy atom. The summed E-state index contributed by atoms with van der Waals surface area (Å²) >= 11 is 0. The molecule has 0 saturated carbocycles. The zero-order valence-electron chi connectivity index (χ0n) is 25.7. The molecule has 224 valence electrons. The van der Waals surface area contributed by atoms with Crippen LogP contribution in [0.25, 0.3) is 94.4 Å². The van der Waals surface area contributed by atoms with Crippen molar-refractivity contribution in [3.05, 3.63) is 158 Å². The van der Waals surface area contributed by atoms with Crippen LogP contribution in [0.3, 0.4) is 0 Å². The van der Waals surface area contributed by atoms with E-state index in [1.165, 1.54) is 10.8 Å². The first kappa shape index (κ1) is 26.6. The highest BCUT2D eigenvalue weighted by molar-refractivity contribution is 6.29. The summed E-state index contributed by atoms with van der Waals surface area (Å²) < 4.78 is 8.90. The van der Waals surface area contributed by atoms with Gasteiger partial charge >= 0.3 is 0 Å². The first-order valence-electron chi connectivity index (χ1n) is 16.0. The van der Waals surface area contributed by atoms with Crippen molar-refractivity contribution in [3.8, 4) is 39.9 Å². The predicted octanol–water partition coefficient (Wildman–Crippen LogP) is 11.0. The summed E-state index contributed by atoms with van der Waals surface area (Å²) in [5.41, 5.74) is 7.97. The lowest BCUT2D eigenvalue weighted by atomic mass is 10.0. The maximum absolute atomic E-state index is 6.56. The molecule has 10 rings (SSSR count). The summed E-state index contributed by atoms with van der Waals surface area (Å²) in [6, 6.07) is 54.4. The fourth-order valence-electron chi connectivity index (χ4n) is 7.03. The molecule has 0 atom stereocenters. The van der Waals surface area contributed by atoms with Gasteiger partial charge in [0.25, 0.3) is 0 Å². The molecular formula is C43H26N4O. The van der Waals surface area contributed by atoms with E-state index >= 15 is 0 Å². The Kier molecular flexibility index (Phi) is 5.81. The summed E-state index contributed by atoms with van der Waals surface area (Å²) in [5, 5.41) is 6.94. The minimum atomic E-state index is 0.634. The van der Waals surface area contributed by atoms with Gasteiger partial charge in [-0.05, 0) is 53.9 Å². The molecule has 0 unspecified atom stereocenters. The lowest BCUT2D eigenvalue weighted by molar-refractivity contribution is 0.673. The van der Waals surface area contributed by atoms with Crippen molar-refractivity contribution in [3.63, 3.8) is 0 Å². The third-order valence-corrected chi connectivity index (χ3v) is 9.24. The third-order valence-electron chi connectivity index (χ3n) is 9.24. The normalized spacial score (nSPS) is 11.8. The van der Waals surface area contributed by atoms with Gasteiger partial charge in [0.05, 0.1) is 11.0 Å². The molecule has 0 amide bonds. The zero-order valence-corrected chi connectivity index (χ0v) is 25.7. The first-order chi connectivity index (χ1) is 23.8. The van der Waals surface area contributed by atoms with Crippen LogP contribution < -0.4 is 0 Å². The fourth-order valence-corrected chi connectivity index (χ4v) is 7.03.